The first-order valence-electron chi connectivity index (χ1n) is 4.62. The number of carboxylic acids is 2. The summed E-state index contributed by atoms with van der Waals surface area (Å²) in [6.07, 6.45) is -0.674. The van der Waals surface area contributed by atoms with E-state index in [1.165, 1.54) is 12.1 Å². The average molecular weight is 299 g/mol. The Morgan fingerprint density at radius 3 is 1.94 bits per heavy atom. The van der Waals surface area contributed by atoms with Crippen molar-refractivity contribution in [2.45, 2.75) is 6.42 Å². The highest BCUT2D eigenvalue weighted by Gasteiger charge is 2.17. The number of hydrogen-bond acceptors (Lipinski definition) is 5. The van der Waals surface area contributed by atoms with Crippen LogP contribution in [0.25, 0.3) is 0 Å². The Morgan fingerprint density at radius 2 is 1.53 bits per heavy atom. The Hall–Kier alpha value is -1.69. The molecule has 0 aliphatic rings. The molecule has 0 aliphatic heterocycles. The molecule has 0 aromatic heterocycles. The van der Waals surface area contributed by atoms with E-state index in [-0.39, 0.29) is 5.56 Å². The van der Waals surface area contributed by atoms with Crippen LogP contribution in [0.1, 0.15) is 16.8 Å². The third-order valence-corrected chi connectivity index (χ3v) is 2.65. The van der Waals surface area contributed by atoms with Gasteiger partial charge in [-0.3, -0.25) is 4.79 Å². The molecule has 0 N–H and O–H groups in total. The number of aliphatic carboxylic acids is 2. The van der Waals surface area contributed by atoms with Crippen LogP contribution in [0.5, 0.6) is 0 Å². The molecule has 1 aromatic carbocycles. The molecule has 0 amide bonds. The third kappa shape index (κ3) is 3.67. The van der Waals surface area contributed by atoms with Crippen LogP contribution in [0.15, 0.2) is 28.7 Å². The first-order valence-corrected chi connectivity index (χ1v) is 5.41. The van der Waals surface area contributed by atoms with Gasteiger partial charge in [0.05, 0.1) is 11.9 Å². The van der Waals surface area contributed by atoms with E-state index in [0.717, 1.165) is 4.47 Å². The molecular weight excluding hydrogens is 292 g/mol. The van der Waals surface area contributed by atoms with E-state index in [9.17, 15) is 24.6 Å². The summed E-state index contributed by atoms with van der Waals surface area (Å²) in [5, 5.41) is 20.9. The van der Waals surface area contributed by atoms with E-state index in [4.69, 9.17) is 0 Å². The van der Waals surface area contributed by atoms with Gasteiger partial charge in [0, 0.05) is 22.4 Å². The number of rotatable bonds is 5. The number of hydrogen-bond donors (Lipinski definition) is 0. The maximum atomic E-state index is 11.6. The summed E-state index contributed by atoms with van der Waals surface area (Å²) in [5.41, 5.74) is 0.237. The van der Waals surface area contributed by atoms with Crippen LogP contribution >= 0.6 is 15.9 Å². The zero-order valence-electron chi connectivity index (χ0n) is 8.51. The monoisotopic (exact) mass is 298 g/mol. The summed E-state index contributed by atoms with van der Waals surface area (Å²) in [6, 6.07) is 6.13. The molecule has 17 heavy (non-hydrogen) atoms. The minimum Gasteiger partial charge on any atom is -0.549 e. The van der Waals surface area contributed by atoms with E-state index < -0.39 is 30.1 Å². The van der Waals surface area contributed by atoms with Gasteiger partial charge in [-0.25, -0.2) is 0 Å². The molecule has 0 atom stereocenters. The number of ketones is 1. The molecule has 0 spiro atoms. The first kappa shape index (κ1) is 13.4. The largest absolute Gasteiger partial charge is 0.549 e. The van der Waals surface area contributed by atoms with Gasteiger partial charge in [-0.1, -0.05) is 28.1 Å². The van der Waals surface area contributed by atoms with Crippen molar-refractivity contribution in [3.05, 3.63) is 34.3 Å². The van der Waals surface area contributed by atoms with Crippen molar-refractivity contribution in [3.8, 4) is 0 Å². The Bertz CT molecular complexity index is 437. The molecule has 0 heterocycles. The summed E-state index contributed by atoms with van der Waals surface area (Å²) in [4.78, 5) is 32.5. The fourth-order valence-electron chi connectivity index (χ4n) is 1.20. The second-order valence-electron chi connectivity index (χ2n) is 3.32. The molecule has 0 radical (unpaired) electrons. The standard InChI is InChI=1S/C11H9BrO5/c12-7-3-1-6(2-4-7)9(13)5-8(10(14)15)11(16)17/h1-4,8H,5H2,(H,14,15)(H,16,17)/p-2. The number of benzene rings is 1. The molecular formula is C11H7BrO5-2. The quantitative estimate of drug-likeness (QED) is 0.520. The second-order valence-corrected chi connectivity index (χ2v) is 4.24. The van der Waals surface area contributed by atoms with Gasteiger partial charge in [0.25, 0.3) is 0 Å². The lowest BCUT2D eigenvalue weighted by Crippen LogP contribution is -2.44. The van der Waals surface area contributed by atoms with Gasteiger partial charge in [-0.2, -0.15) is 0 Å². The molecule has 0 bridgehead atoms. The van der Waals surface area contributed by atoms with Crippen LogP contribution in [0.2, 0.25) is 0 Å². The molecule has 1 aromatic rings. The minimum absolute atomic E-state index is 0.237. The highest BCUT2D eigenvalue weighted by atomic mass is 79.9. The van der Waals surface area contributed by atoms with Crippen LogP contribution < -0.4 is 10.2 Å². The molecule has 0 aliphatic carbocycles. The molecule has 1 rings (SSSR count). The van der Waals surface area contributed by atoms with E-state index in [1.54, 1.807) is 12.1 Å². The maximum Gasteiger partial charge on any atom is 0.163 e. The zero-order valence-corrected chi connectivity index (χ0v) is 10.1. The number of carbonyl (C=O) groups is 3. The molecule has 90 valence electrons. The summed E-state index contributed by atoms with van der Waals surface area (Å²) < 4.78 is 0.755. The Morgan fingerprint density at radius 1 is 1.06 bits per heavy atom. The lowest BCUT2D eigenvalue weighted by atomic mass is 9.98. The highest BCUT2D eigenvalue weighted by molar-refractivity contribution is 9.10. The summed E-state index contributed by atoms with van der Waals surface area (Å²) in [6.45, 7) is 0. The SMILES string of the molecule is O=C(CC(C(=O)[O-])C(=O)[O-])c1ccc(Br)cc1. The van der Waals surface area contributed by atoms with Crippen molar-refractivity contribution >= 4 is 33.7 Å². The maximum absolute atomic E-state index is 11.6. The van der Waals surface area contributed by atoms with E-state index >= 15 is 0 Å². The van der Waals surface area contributed by atoms with Gasteiger partial charge in [-0.15, -0.1) is 0 Å². The van der Waals surface area contributed by atoms with E-state index in [0.29, 0.717) is 0 Å². The van der Waals surface area contributed by atoms with Gasteiger partial charge < -0.3 is 19.8 Å². The summed E-state index contributed by atoms with van der Waals surface area (Å²) >= 11 is 3.17. The molecule has 6 heteroatoms. The van der Waals surface area contributed by atoms with Crippen molar-refractivity contribution in [1.29, 1.82) is 0 Å². The predicted octanol–water partition coefficient (Wildman–Crippen LogP) is -0.862. The van der Waals surface area contributed by atoms with Crippen LogP contribution in [-0.4, -0.2) is 17.7 Å². The van der Waals surface area contributed by atoms with Crippen LogP contribution in [0, 0.1) is 5.92 Å². The van der Waals surface area contributed by atoms with Crippen LogP contribution in [0.3, 0.4) is 0 Å². The summed E-state index contributed by atoms with van der Waals surface area (Å²) in [7, 11) is 0. The van der Waals surface area contributed by atoms with Gasteiger partial charge >= 0.3 is 0 Å². The molecule has 0 fully saturated rings. The highest BCUT2D eigenvalue weighted by Crippen LogP contribution is 2.14. The number of carboxylic acid groups (broad SMARTS) is 2. The normalized spacial score (nSPS) is 10.2. The lowest BCUT2D eigenvalue weighted by molar-refractivity contribution is -0.331. The first-order chi connectivity index (χ1) is 7.91. The van der Waals surface area contributed by atoms with Gasteiger partial charge in [0.2, 0.25) is 0 Å². The zero-order chi connectivity index (χ0) is 13.0. The smallest absolute Gasteiger partial charge is 0.163 e. The van der Waals surface area contributed by atoms with Crippen molar-refractivity contribution in [2.24, 2.45) is 5.92 Å². The third-order valence-electron chi connectivity index (χ3n) is 2.12. The molecule has 0 saturated carbocycles. The molecule has 0 saturated heterocycles. The van der Waals surface area contributed by atoms with Gasteiger partial charge in [0.15, 0.2) is 5.78 Å². The van der Waals surface area contributed by atoms with Gasteiger partial charge in [0.1, 0.15) is 0 Å². The van der Waals surface area contributed by atoms with Gasteiger partial charge in [-0.05, 0) is 12.1 Å². The van der Waals surface area contributed by atoms with Crippen molar-refractivity contribution in [2.75, 3.05) is 0 Å². The van der Waals surface area contributed by atoms with Crippen molar-refractivity contribution < 1.29 is 24.6 Å². The fraction of sp³-hybridized carbons (Fsp3) is 0.182. The summed E-state index contributed by atoms with van der Waals surface area (Å²) in [5.74, 6) is -6.16. The van der Waals surface area contributed by atoms with Crippen LogP contribution in [0.4, 0.5) is 0 Å². The average Bonchev–Trinajstić information content (AvgIpc) is 2.25. The topological polar surface area (TPSA) is 97.3 Å². The van der Waals surface area contributed by atoms with E-state index in [2.05, 4.69) is 15.9 Å². The fourth-order valence-corrected chi connectivity index (χ4v) is 1.47. The predicted molar refractivity (Wildman–Crippen MR) is 56.6 cm³/mol. The molecule has 5 nitrogen and oxygen atoms in total. The molecule has 0 unspecified atom stereocenters. The minimum atomic E-state index is -1.92. The Balaban J connectivity index is 2.81. The van der Waals surface area contributed by atoms with Crippen molar-refractivity contribution in [1.82, 2.24) is 0 Å². The number of halogens is 1. The lowest BCUT2D eigenvalue weighted by Gasteiger charge is -2.17. The van der Waals surface area contributed by atoms with E-state index in [1.807, 2.05) is 0 Å². The Labute approximate surface area is 105 Å². The van der Waals surface area contributed by atoms with Crippen LogP contribution in [-0.2, 0) is 9.59 Å². The number of Topliss-reactive ketones (excluding diaryl/α,β-unsaturated/α-hetero) is 1. The van der Waals surface area contributed by atoms with Crippen molar-refractivity contribution in [3.63, 3.8) is 0 Å². The second kappa shape index (κ2) is 5.58. The Kier molecular flexibility index (Phi) is 4.39. The number of carbonyl (C=O) groups excluding carboxylic acids is 3.